The third-order valence-electron chi connectivity index (χ3n) is 2.97. The third-order valence-corrected chi connectivity index (χ3v) is 4.38. The number of hydrogen-bond donors (Lipinski definition) is 1. The van der Waals surface area contributed by atoms with E-state index in [0.717, 1.165) is 12.8 Å². The number of Topliss-reactive ketones (excluding diaryl/α,β-unsaturated/α-hetero) is 1. The van der Waals surface area contributed by atoms with Crippen LogP contribution in [0.2, 0.25) is 0 Å². The van der Waals surface area contributed by atoms with Crippen LogP contribution in [0.1, 0.15) is 30.1 Å². The molecule has 0 amide bonds. The highest BCUT2D eigenvalue weighted by Crippen LogP contribution is 2.37. The zero-order valence-electron chi connectivity index (χ0n) is 11.1. The summed E-state index contributed by atoms with van der Waals surface area (Å²) in [5.41, 5.74) is 0.785. The van der Waals surface area contributed by atoms with Gasteiger partial charge in [0.25, 0.3) is 0 Å². The summed E-state index contributed by atoms with van der Waals surface area (Å²) in [7, 11) is 0. The summed E-state index contributed by atoms with van der Waals surface area (Å²) in [6.45, 7) is -1.28. The van der Waals surface area contributed by atoms with Crippen LogP contribution in [0.3, 0.4) is 0 Å². The van der Waals surface area contributed by atoms with Gasteiger partial charge in [0, 0.05) is 23.4 Å². The molecule has 0 atom stereocenters. The van der Waals surface area contributed by atoms with Crippen LogP contribution in [0.5, 0.6) is 5.75 Å². The average molecular weight is 425 g/mol. The first-order valence-corrected chi connectivity index (χ1v) is 7.89. The number of rotatable bonds is 6. The van der Waals surface area contributed by atoms with E-state index < -0.39 is 6.61 Å². The SMILES string of the molecule is C/C(=C\NC1CC1)C(=O)c1ccc(Br)c(OC(F)F)c1Br. The molecule has 2 rings (SSSR count). The zero-order valence-corrected chi connectivity index (χ0v) is 14.3. The molecule has 7 heteroatoms. The minimum Gasteiger partial charge on any atom is -0.432 e. The first kappa shape index (κ1) is 16.4. The van der Waals surface area contributed by atoms with Crippen LogP contribution in [-0.4, -0.2) is 18.4 Å². The summed E-state index contributed by atoms with van der Waals surface area (Å²) >= 11 is 6.29. The number of ketones is 1. The van der Waals surface area contributed by atoms with Gasteiger partial charge < -0.3 is 10.1 Å². The Morgan fingerprint density at radius 1 is 1.43 bits per heavy atom. The van der Waals surface area contributed by atoms with Crippen molar-refractivity contribution in [2.24, 2.45) is 0 Å². The van der Waals surface area contributed by atoms with Crippen molar-refractivity contribution in [2.75, 3.05) is 0 Å². The Hall–Kier alpha value is -0.950. The van der Waals surface area contributed by atoms with Gasteiger partial charge in [-0.15, -0.1) is 0 Å². The van der Waals surface area contributed by atoms with Gasteiger partial charge in [0.1, 0.15) is 0 Å². The Balaban J connectivity index is 2.25. The van der Waals surface area contributed by atoms with Crippen LogP contribution in [0, 0.1) is 0 Å². The molecule has 1 aliphatic carbocycles. The normalized spacial score (nSPS) is 15.2. The van der Waals surface area contributed by atoms with Gasteiger partial charge in [0.15, 0.2) is 11.5 Å². The number of carbonyl (C=O) groups excluding carboxylic acids is 1. The zero-order chi connectivity index (χ0) is 15.6. The number of benzene rings is 1. The van der Waals surface area contributed by atoms with E-state index in [4.69, 9.17) is 0 Å². The van der Waals surface area contributed by atoms with Gasteiger partial charge >= 0.3 is 6.61 Å². The molecule has 1 saturated carbocycles. The third kappa shape index (κ3) is 4.26. The topological polar surface area (TPSA) is 38.3 Å². The van der Waals surface area contributed by atoms with Crippen molar-refractivity contribution in [3.63, 3.8) is 0 Å². The Morgan fingerprint density at radius 3 is 2.67 bits per heavy atom. The maximum absolute atomic E-state index is 12.4. The minimum atomic E-state index is -2.96. The number of allylic oxidation sites excluding steroid dienone is 1. The highest BCUT2D eigenvalue weighted by Gasteiger charge is 2.22. The second-order valence-electron chi connectivity index (χ2n) is 4.71. The molecule has 21 heavy (non-hydrogen) atoms. The number of alkyl halides is 2. The molecule has 1 aromatic rings. The molecule has 1 aliphatic rings. The van der Waals surface area contributed by atoms with Crippen molar-refractivity contribution in [2.45, 2.75) is 32.4 Å². The fourth-order valence-electron chi connectivity index (χ4n) is 1.68. The maximum Gasteiger partial charge on any atom is 0.387 e. The van der Waals surface area contributed by atoms with E-state index in [0.29, 0.717) is 16.1 Å². The van der Waals surface area contributed by atoms with Crippen molar-refractivity contribution in [1.82, 2.24) is 5.32 Å². The lowest BCUT2D eigenvalue weighted by molar-refractivity contribution is -0.0509. The largest absolute Gasteiger partial charge is 0.432 e. The van der Waals surface area contributed by atoms with E-state index in [-0.39, 0.29) is 21.6 Å². The lowest BCUT2D eigenvalue weighted by Gasteiger charge is -2.12. The summed E-state index contributed by atoms with van der Waals surface area (Å²) in [5, 5.41) is 3.13. The lowest BCUT2D eigenvalue weighted by atomic mass is 10.1. The molecule has 0 bridgehead atoms. The molecule has 1 fully saturated rings. The van der Waals surface area contributed by atoms with Crippen LogP contribution < -0.4 is 10.1 Å². The van der Waals surface area contributed by atoms with Crippen LogP contribution in [0.25, 0.3) is 0 Å². The number of ether oxygens (including phenoxy) is 1. The predicted octanol–water partition coefficient (Wildman–Crippen LogP) is 4.65. The Morgan fingerprint density at radius 2 is 2.10 bits per heavy atom. The predicted molar refractivity (Wildman–Crippen MR) is 82.7 cm³/mol. The minimum absolute atomic E-state index is 0.0844. The Kier molecular flexibility index (Phi) is 5.37. The summed E-state index contributed by atoms with van der Waals surface area (Å²) in [6, 6.07) is 3.51. The van der Waals surface area contributed by atoms with Crippen LogP contribution in [-0.2, 0) is 0 Å². The Labute approximate surface area is 138 Å². The van der Waals surface area contributed by atoms with Crippen molar-refractivity contribution >= 4 is 37.6 Å². The molecular weight excluding hydrogens is 412 g/mol. The smallest absolute Gasteiger partial charge is 0.387 e. The molecule has 3 nitrogen and oxygen atoms in total. The number of nitrogens with one attached hydrogen (secondary N) is 1. The standard InChI is InChI=1S/C14H13Br2F2NO2/c1-7(6-19-8-2-3-8)12(20)9-4-5-10(15)13(11(9)16)21-14(17)18/h4-6,8,14,19H,2-3H2,1H3/b7-6+. The van der Waals surface area contributed by atoms with Crippen molar-refractivity contribution < 1.29 is 18.3 Å². The molecule has 0 radical (unpaired) electrons. The molecule has 1 N–H and O–H groups in total. The van der Waals surface area contributed by atoms with E-state index in [9.17, 15) is 13.6 Å². The summed E-state index contributed by atoms with van der Waals surface area (Å²) in [6.07, 6.45) is 3.88. The molecule has 1 aromatic carbocycles. The van der Waals surface area contributed by atoms with Gasteiger partial charge in [0.05, 0.1) is 8.95 Å². The Bertz CT molecular complexity index is 587. The number of carbonyl (C=O) groups is 1. The monoisotopic (exact) mass is 423 g/mol. The molecule has 114 valence electrons. The summed E-state index contributed by atoms with van der Waals surface area (Å²) < 4.78 is 29.8. The lowest BCUT2D eigenvalue weighted by Crippen LogP contribution is -2.12. The van der Waals surface area contributed by atoms with E-state index in [1.165, 1.54) is 6.07 Å². The first-order valence-electron chi connectivity index (χ1n) is 6.30. The van der Waals surface area contributed by atoms with Crippen LogP contribution in [0.15, 0.2) is 32.9 Å². The summed E-state index contributed by atoms with van der Waals surface area (Å²) in [4.78, 5) is 12.4. The number of halogens is 4. The van der Waals surface area contributed by atoms with Crippen LogP contribution in [0.4, 0.5) is 8.78 Å². The quantitative estimate of drug-likeness (QED) is 0.533. The first-order chi connectivity index (χ1) is 9.90. The highest BCUT2D eigenvalue weighted by molar-refractivity contribution is 9.11. The highest BCUT2D eigenvalue weighted by atomic mass is 79.9. The molecule has 0 unspecified atom stereocenters. The van der Waals surface area contributed by atoms with Crippen LogP contribution >= 0.6 is 31.9 Å². The average Bonchev–Trinajstić information content (AvgIpc) is 3.24. The molecule has 0 heterocycles. The van der Waals surface area contributed by atoms with Gasteiger partial charge in [0.2, 0.25) is 0 Å². The van der Waals surface area contributed by atoms with Crippen molar-refractivity contribution in [3.05, 3.63) is 38.4 Å². The molecule has 0 saturated heterocycles. The molecule has 0 aliphatic heterocycles. The van der Waals surface area contributed by atoms with Crippen molar-refractivity contribution in [3.8, 4) is 5.75 Å². The summed E-state index contributed by atoms with van der Waals surface area (Å²) in [5.74, 6) is -0.333. The molecular formula is C14H13Br2F2NO2. The van der Waals surface area contributed by atoms with Gasteiger partial charge in [-0.25, -0.2) is 0 Å². The van der Waals surface area contributed by atoms with Crippen molar-refractivity contribution in [1.29, 1.82) is 0 Å². The molecule has 0 spiro atoms. The van der Waals surface area contributed by atoms with Gasteiger partial charge in [-0.3, -0.25) is 4.79 Å². The fraction of sp³-hybridized carbons (Fsp3) is 0.357. The molecule has 0 aromatic heterocycles. The van der Waals surface area contributed by atoms with E-state index >= 15 is 0 Å². The van der Waals surface area contributed by atoms with Gasteiger partial charge in [-0.2, -0.15) is 8.78 Å². The van der Waals surface area contributed by atoms with E-state index in [1.807, 2.05) is 0 Å². The van der Waals surface area contributed by atoms with Gasteiger partial charge in [-0.1, -0.05) is 0 Å². The fourth-order valence-corrected chi connectivity index (χ4v) is 2.98. The number of hydrogen-bond acceptors (Lipinski definition) is 3. The second-order valence-corrected chi connectivity index (χ2v) is 6.36. The van der Waals surface area contributed by atoms with Gasteiger partial charge in [-0.05, 0) is 63.8 Å². The second kappa shape index (κ2) is 6.87. The maximum atomic E-state index is 12.4. The van der Waals surface area contributed by atoms with E-state index in [1.54, 1.807) is 19.2 Å². The van der Waals surface area contributed by atoms with E-state index in [2.05, 4.69) is 41.9 Å².